The molecule has 2 fully saturated rings. The van der Waals surface area contributed by atoms with E-state index in [9.17, 15) is 5.11 Å². The van der Waals surface area contributed by atoms with E-state index in [-0.39, 0.29) is 0 Å². The van der Waals surface area contributed by atoms with Gasteiger partial charge in [-0.15, -0.1) is 0 Å². The third-order valence-electron chi connectivity index (χ3n) is 2.77. The Balaban J connectivity index is 2.10. The molecule has 0 spiro atoms. The zero-order valence-electron chi connectivity index (χ0n) is 6.18. The highest BCUT2D eigenvalue weighted by molar-refractivity contribution is 4.86. The molecule has 2 unspecified atom stereocenters. The number of hydrogen-bond acceptors (Lipinski definition) is 2. The van der Waals surface area contributed by atoms with Gasteiger partial charge < -0.3 is 9.84 Å². The highest BCUT2D eigenvalue weighted by atomic mass is 16.6. The molecular weight excluding hydrogens is 128 g/mol. The molecule has 1 N–H and O–H groups in total. The monoisotopic (exact) mass is 142 g/mol. The lowest BCUT2D eigenvalue weighted by molar-refractivity contribution is -0.243. The maximum absolute atomic E-state index is 9.79. The van der Waals surface area contributed by atoms with Gasteiger partial charge in [0.25, 0.3) is 0 Å². The minimum Gasteiger partial charge on any atom is -0.365 e. The molecule has 2 atom stereocenters. The standard InChI is InChI=1S/C8H14O2/c9-8-5-1-3-7(8)4-2-6-10-8/h7,9H,1-6H2. The lowest BCUT2D eigenvalue weighted by Gasteiger charge is -2.34. The Morgan fingerprint density at radius 3 is 2.90 bits per heavy atom. The minimum atomic E-state index is -0.710. The van der Waals surface area contributed by atoms with Crippen LogP contribution in [0, 0.1) is 5.92 Å². The van der Waals surface area contributed by atoms with Crippen molar-refractivity contribution in [1.82, 2.24) is 0 Å². The van der Waals surface area contributed by atoms with Crippen molar-refractivity contribution in [1.29, 1.82) is 0 Å². The van der Waals surface area contributed by atoms with Crippen molar-refractivity contribution in [3.05, 3.63) is 0 Å². The molecule has 0 aromatic carbocycles. The van der Waals surface area contributed by atoms with Crippen LogP contribution in [0.1, 0.15) is 32.1 Å². The number of rotatable bonds is 0. The molecule has 1 saturated heterocycles. The lowest BCUT2D eigenvalue weighted by Crippen LogP contribution is -2.40. The summed E-state index contributed by atoms with van der Waals surface area (Å²) in [7, 11) is 0. The first-order valence-electron chi connectivity index (χ1n) is 4.18. The molecule has 0 bridgehead atoms. The van der Waals surface area contributed by atoms with Crippen LogP contribution in [-0.4, -0.2) is 17.5 Å². The van der Waals surface area contributed by atoms with Gasteiger partial charge in [-0.2, -0.15) is 0 Å². The van der Waals surface area contributed by atoms with Crippen LogP contribution in [0.25, 0.3) is 0 Å². The fourth-order valence-electron chi connectivity index (χ4n) is 2.17. The summed E-state index contributed by atoms with van der Waals surface area (Å²) in [4.78, 5) is 0. The Morgan fingerprint density at radius 1 is 1.30 bits per heavy atom. The lowest BCUT2D eigenvalue weighted by atomic mass is 9.94. The van der Waals surface area contributed by atoms with Gasteiger partial charge >= 0.3 is 0 Å². The Hall–Kier alpha value is -0.0800. The van der Waals surface area contributed by atoms with E-state index in [0.717, 1.165) is 38.7 Å². The van der Waals surface area contributed by atoms with Gasteiger partial charge in [0.15, 0.2) is 5.79 Å². The molecule has 0 aromatic heterocycles. The minimum absolute atomic E-state index is 0.446. The van der Waals surface area contributed by atoms with Gasteiger partial charge in [-0.1, -0.05) is 0 Å². The van der Waals surface area contributed by atoms with Crippen LogP contribution in [0.15, 0.2) is 0 Å². The summed E-state index contributed by atoms with van der Waals surface area (Å²) in [6.07, 6.45) is 5.46. The van der Waals surface area contributed by atoms with Gasteiger partial charge in [-0.05, 0) is 25.7 Å². The predicted molar refractivity (Wildman–Crippen MR) is 37.5 cm³/mol. The third-order valence-corrected chi connectivity index (χ3v) is 2.77. The van der Waals surface area contributed by atoms with Crippen LogP contribution in [0.5, 0.6) is 0 Å². The van der Waals surface area contributed by atoms with Gasteiger partial charge in [-0.25, -0.2) is 0 Å². The van der Waals surface area contributed by atoms with Crippen molar-refractivity contribution in [2.45, 2.75) is 37.9 Å². The van der Waals surface area contributed by atoms with Crippen LogP contribution >= 0.6 is 0 Å². The summed E-state index contributed by atoms with van der Waals surface area (Å²) < 4.78 is 5.34. The molecule has 2 rings (SSSR count). The second-order valence-corrected chi connectivity index (χ2v) is 3.42. The molecule has 0 radical (unpaired) electrons. The van der Waals surface area contributed by atoms with Crippen LogP contribution < -0.4 is 0 Å². The van der Waals surface area contributed by atoms with E-state index in [1.54, 1.807) is 0 Å². The maximum Gasteiger partial charge on any atom is 0.168 e. The first-order valence-corrected chi connectivity index (χ1v) is 4.18. The summed E-state index contributed by atoms with van der Waals surface area (Å²) in [6, 6.07) is 0. The molecule has 1 aliphatic heterocycles. The molecule has 2 heteroatoms. The van der Waals surface area contributed by atoms with Crippen molar-refractivity contribution in [2.24, 2.45) is 5.92 Å². The van der Waals surface area contributed by atoms with Gasteiger partial charge in [0, 0.05) is 12.3 Å². The van der Waals surface area contributed by atoms with Crippen LogP contribution in [0.3, 0.4) is 0 Å². The van der Waals surface area contributed by atoms with Crippen molar-refractivity contribution in [3.63, 3.8) is 0 Å². The van der Waals surface area contributed by atoms with Crippen LogP contribution in [0.2, 0.25) is 0 Å². The van der Waals surface area contributed by atoms with E-state index >= 15 is 0 Å². The van der Waals surface area contributed by atoms with E-state index in [4.69, 9.17) is 4.74 Å². The highest BCUT2D eigenvalue weighted by Crippen LogP contribution is 2.41. The Morgan fingerprint density at radius 2 is 2.10 bits per heavy atom. The molecule has 0 aromatic rings. The Labute approximate surface area is 61.2 Å². The summed E-state index contributed by atoms with van der Waals surface area (Å²) in [6.45, 7) is 0.757. The normalized spacial score (nSPS) is 47.1. The highest BCUT2D eigenvalue weighted by Gasteiger charge is 2.43. The second kappa shape index (κ2) is 2.21. The van der Waals surface area contributed by atoms with Crippen molar-refractivity contribution < 1.29 is 9.84 Å². The molecule has 1 aliphatic carbocycles. The number of hydrogen-bond donors (Lipinski definition) is 1. The molecule has 1 saturated carbocycles. The first kappa shape index (κ1) is 6.62. The van der Waals surface area contributed by atoms with Gasteiger partial charge in [0.1, 0.15) is 0 Å². The summed E-state index contributed by atoms with van der Waals surface area (Å²) in [5.41, 5.74) is 0. The fraction of sp³-hybridized carbons (Fsp3) is 1.00. The fourth-order valence-corrected chi connectivity index (χ4v) is 2.17. The van der Waals surface area contributed by atoms with Crippen molar-refractivity contribution in [3.8, 4) is 0 Å². The van der Waals surface area contributed by atoms with Crippen molar-refractivity contribution >= 4 is 0 Å². The zero-order valence-corrected chi connectivity index (χ0v) is 6.18. The molecule has 2 nitrogen and oxygen atoms in total. The van der Waals surface area contributed by atoms with E-state index in [1.807, 2.05) is 0 Å². The molecule has 58 valence electrons. The second-order valence-electron chi connectivity index (χ2n) is 3.42. The number of fused-ring (bicyclic) bond motifs is 1. The van der Waals surface area contributed by atoms with Gasteiger partial charge in [0.05, 0.1) is 6.61 Å². The zero-order chi connectivity index (χ0) is 7.03. The molecule has 10 heavy (non-hydrogen) atoms. The largest absolute Gasteiger partial charge is 0.365 e. The smallest absolute Gasteiger partial charge is 0.168 e. The average molecular weight is 142 g/mol. The SMILES string of the molecule is OC12CCCC1CCCO2. The van der Waals surface area contributed by atoms with E-state index < -0.39 is 5.79 Å². The van der Waals surface area contributed by atoms with Gasteiger partial charge in [-0.3, -0.25) is 0 Å². The molecule has 0 amide bonds. The van der Waals surface area contributed by atoms with E-state index in [2.05, 4.69) is 0 Å². The topological polar surface area (TPSA) is 29.5 Å². The summed E-state index contributed by atoms with van der Waals surface area (Å²) in [5, 5.41) is 9.79. The van der Waals surface area contributed by atoms with E-state index in [1.165, 1.54) is 0 Å². The quantitative estimate of drug-likeness (QED) is 0.552. The molecular formula is C8H14O2. The first-order chi connectivity index (χ1) is 4.81. The van der Waals surface area contributed by atoms with Crippen LogP contribution in [-0.2, 0) is 4.74 Å². The molecule has 1 heterocycles. The van der Waals surface area contributed by atoms with Crippen LogP contribution in [0.4, 0.5) is 0 Å². The molecule has 2 aliphatic rings. The third kappa shape index (κ3) is 0.867. The maximum atomic E-state index is 9.79. The van der Waals surface area contributed by atoms with Crippen molar-refractivity contribution in [2.75, 3.05) is 6.61 Å². The average Bonchev–Trinajstić information content (AvgIpc) is 2.29. The summed E-state index contributed by atoms with van der Waals surface area (Å²) in [5.74, 6) is -0.264. The van der Waals surface area contributed by atoms with E-state index in [0.29, 0.717) is 5.92 Å². The Kier molecular flexibility index (Phi) is 1.46. The summed E-state index contributed by atoms with van der Waals surface area (Å²) >= 11 is 0. The Bertz CT molecular complexity index is 135. The number of aliphatic hydroxyl groups is 1. The predicted octanol–water partition coefficient (Wildman–Crippen LogP) is 1.29. The van der Waals surface area contributed by atoms with Gasteiger partial charge in [0.2, 0.25) is 0 Å². The number of ether oxygens (including phenoxy) is 1.